The highest BCUT2D eigenvalue weighted by molar-refractivity contribution is 6.09. The van der Waals surface area contributed by atoms with E-state index in [0.717, 1.165) is 5.56 Å². The fraction of sp³-hybridized carbons (Fsp3) is 0.312. The van der Waals surface area contributed by atoms with Crippen LogP contribution in [0.3, 0.4) is 0 Å². The average Bonchev–Trinajstić information content (AvgIpc) is 2.54. The van der Waals surface area contributed by atoms with Gasteiger partial charge in [0, 0.05) is 0 Å². The molecule has 0 aromatic heterocycles. The molecular weight excluding hydrogens is 284 g/mol. The van der Waals surface area contributed by atoms with E-state index >= 15 is 0 Å². The van der Waals surface area contributed by atoms with Gasteiger partial charge in [0.25, 0.3) is 0 Å². The summed E-state index contributed by atoms with van der Waals surface area (Å²) in [5, 5.41) is 3.80. The van der Waals surface area contributed by atoms with Crippen LogP contribution in [0.4, 0.5) is 0 Å². The molecular formula is C16H20N2O4. The molecule has 0 aliphatic rings. The zero-order chi connectivity index (χ0) is 16.2. The molecule has 6 heteroatoms. The number of hydrogen-bond acceptors (Lipinski definition) is 6. The Morgan fingerprint density at radius 3 is 2.59 bits per heavy atom. The molecule has 0 aliphatic carbocycles. The number of carbonyl (C=O) groups is 2. The van der Waals surface area contributed by atoms with Crippen LogP contribution < -0.4 is 5.43 Å². The molecule has 0 atom stereocenters. The molecule has 0 unspecified atom stereocenters. The Hall–Kier alpha value is -2.63. The summed E-state index contributed by atoms with van der Waals surface area (Å²) in [6.45, 7) is 3.86. The van der Waals surface area contributed by atoms with Crippen LogP contribution >= 0.6 is 0 Å². The molecule has 118 valence electrons. The van der Waals surface area contributed by atoms with E-state index in [1.165, 1.54) is 6.21 Å². The largest absolute Gasteiger partial charge is 0.462 e. The number of hydrazone groups is 1. The molecule has 0 saturated heterocycles. The van der Waals surface area contributed by atoms with Crippen molar-refractivity contribution in [1.82, 2.24) is 5.43 Å². The SMILES string of the molecule is C/C=C(\C=N/NCC(=O)OCc1ccccc1)C(=O)OCC. The zero-order valence-corrected chi connectivity index (χ0v) is 12.7. The quantitative estimate of drug-likeness (QED) is 0.343. The van der Waals surface area contributed by atoms with Gasteiger partial charge in [-0.05, 0) is 19.4 Å². The van der Waals surface area contributed by atoms with E-state index in [1.54, 1.807) is 19.9 Å². The normalized spacial score (nSPS) is 11.3. The lowest BCUT2D eigenvalue weighted by Crippen LogP contribution is -2.21. The zero-order valence-electron chi connectivity index (χ0n) is 12.7. The number of allylic oxidation sites excluding steroid dienone is 1. The van der Waals surface area contributed by atoms with Gasteiger partial charge < -0.3 is 9.47 Å². The highest BCUT2D eigenvalue weighted by Gasteiger charge is 2.06. The van der Waals surface area contributed by atoms with E-state index in [2.05, 4.69) is 10.5 Å². The molecule has 0 spiro atoms. The van der Waals surface area contributed by atoms with Gasteiger partial charge in [0.2, 0.25) is 0 Å². The third kappa shape index (κ3) is 6.69. The second-order valence-electron chi connectivity index (χ2n) is 4.20. The first kappa shape index (κ1) is 17.4. The van der Waals surface area contributed by atoms with Crippen molar-refractivity contribution < 1.29 is 19.1 Å². The lowest BCUT2D eigenvalue weighted by atomic mass is 10.2. The number of rotatable bonds is 8. The van der Waals surface area contributed by atoms with Crippen LogP contribution in [0.25, 0.3) is 0 Å². The first-order chi connectivity index (χ1) is 10.7. The predicted molar refractivity (Wildman–Crippen MR) is 83.1 cm³/mol. The third-order valence-electron chi connectivity index (χ3n) is 2.58. The van der Waals surface area contributed by atoms with Crippen molar-refractivity contribution in [2.45, 2.75) is 20.5 Å². The van der Waals surface area contributed by atoms with Crippen molar-refractivity contribution in [2.24, 2.45) is 5.10 Å². The van der Waals surface area contributed by atoms with E-state index < -0.39 is 11.9 Å². The standard InChI is InChI=1S/C16H20N2O4/c1-3-14(16(20)21-4-2)10-17-18-11-15(19)22-12-13-8-6-5-7-9-13/h3,5-10,18H,4,11-12H2,1-2H3/b14-3+,17-10-. The van der Waals surface area contributed by atoms with Crippen LogP contribution in [0.2, 0.25) is 0 Å². The minimum Gasteiger partial charge on any atom is -0.462 e. The fourth-order valence-electron chi connectivity index (χ4n) is 1.47. The highest BCUT2D eigenvalue weighted by Crippen LogP contribution is 2.00. The minimum atomic E-state index is -0.456. The van der Waals surface area contributed by atoms with Crippen molar-refractivity contribution in [2.75, 3.05) is 13.2 Å². The van der Waals surface area contributed by atoms with Gasteiger partial charge in [-0.3, -0.25) is 10.2 Å². The molecule has 0 aliphatic heterocycles. The van der Waals surface area contributed by atoms with E-state index in [-0.39, 0.29) is 13.2 Å². The Kier molecular flexibility index (Phi) is 8.04. The first-order valence-corrected chi connectivity index (χ1v) is 6.96. The van der Waals surface area contributed by atoms with E-state index in [9.17, 15) is 9.59 Å². The third-order valence-corrected chi connectivity index (χ3v) is 2.58. The number of nitrogens with zero attached hydrogens (tertiary/aromatic N) is 1. The number of esters is 2. The van der Waals surface area contributed by atoms with Gasteiger partial charge in [-0.15, -0.1) is 0 Å². The Morgan fingerprint density at radius 1 is 1.23 bits per heavy atom. The van der Waals surface area contributed by atoms with Crippen molar-refractivity contribution in [3.05, 3.63) is 47.5 Å². The van der Waals surface area contributed by atoms with Gasteiger partial charge in [-0.2, -0.15) is 5.10 Å². The van der Waals surface area contributed by atoms with Gasteiger partial charge in [0.05, 0.1) is 18.4 Å². The average molecular weight is 304 g/mol. The number of nitrogens with one attached hydrogen (secondary N) is 1. The number of carbonyl (C=O) groups excluding carboxylic acids is 2. The van der Waals surface area contributed by atoms with Crippen LogP contribution in [0.1, 0.15) is 19.4 Å². The Labute approximate surface area is 129 Å². The monoisotopic (exact) mass is 304 g/mol. The molecule has 1 N–H and O–H groups in total. The van der Waals surface area contributed by atoms with Gasteiger partial charge >= 0.3 is 11.9 Å². The summed E-state index contributed by atoms with van der Waals surface area (Å²) in [7, 11) is 0. The lowest BCUT2D eigenvalue weighted by molar-refractivity contribution is -0.143. The lowest BCUT2D eigenvalue weighted by Gasteiger charge is -2.04. The predicted octanol–water partition coefficient (Wildman–Crippen LogP) is 1.81. The summed E-state index contributed by atoms with van der Waals surface area (Å²) in [6.07, 6.45) is 2.89. The maximum atomic E-state index is 11.5. The van der Waals surface area contributed by atoms with Crippen LogP contribution in [0.5, 0.6) is 0 Å². The molecule has 0 bridgehead atoms. The highest BCUT2D eigenvalue weighted by atomic mass is 16.5. The number of ether oxygens (including phenoxy) is 2. The van der Waals surface area contributed by atoms with Gasteiger partial charge in [-0.1, -0.05) is 36.4 Å². The molecule has 1 rings (SSSR count). The van der Waals surface area contributed by atoms with Crippen molar-refractivity contribution in [1.29, 1.82) is 0 Å². The van der Waals surface area contributed by atoms with Crippen LogP contribution in [0, 0.1) is 0 Å². The van der Waals surface area contributed by atoms with E-state index in [0.29, 0.717) is 12.2 Å². The maximum absolute atomic E-state index is 11.5. The number of hydrogen-bond donors (Lipinski definition) is 1. The minimum absolute atomic E-state index is 0.0802. The second kappa shape index (κ2) is 10.1. The molecule has 0 amide bonds. The molecule has 1 aromatic rings. The molecule has 0 heterocycles. The Balaban J connectivity index is 2.29. The van der Waals surface area contributed by atoms with Gasteiger partial charge in [0.15, 0.2) is 0 Å². The van der Waals surface area contributed by atoms with Crippen molar-refractivity contribution >= 4 is 18.2 Å². The van der Waals surface area contributed by atoms with Crippen molar-refractivity contribution in [3.63, 3.8) is 0 Å². The Bertz CT molecular complexity index is 538. The summed E-state index contributed by atoms with van der Waals surface area (Å²) in [4.78, 5) is 23.0. The van der Waals surface area contributed by atoms with Crippen LogP contribution in [0.15, 0.2) is 47.1 Å². The van der Waals surface area contributed by atoms with Gasteiger partial charge in [-0.25, -0.2) is 4.79 Å². The van der Waals surface area contributed by atoms with Crippen LogP contribution in [-0.4, -0.2) is 31.3 Å². The molecule has 6 nitrogen and oxygen atoms in total. The first-order valence-electron chi connectivity index (χ1n) is 6.96. The van der Waals surface area contributed by atoms with E-state index in [4.69, 9.17) is 9.47 Å². The fourth-order valence-corrected chi connectivity index (χ4v) is 1.47. The van der Waals surface area contributed by atoms with Crippen molar-refractivity contribution in [3.8, 4) is 0 Å². The molecule has 0 saturated carbocycles. The molecule has 22 heavy (non-hydrogen) atoms. The smallest absolute Gasteiger partial charge is 0.339 e. The summed E-state index contributed by atoms with van der Waals surface area (Å²) < 4.78 is 9.91. The summed E-state index contributed by atoms with van der Waals surface area (Å²) >= 11 is 0. The number of benzene rings is 1. The molecule has 0 fully saturated rings. The van der Waals surface area contributed by atoms with Crippen LogP contribution in [-0.2, 0) is 25.7 Å². The summed E-state index contributed by atoms with van der Waals surface area (Å²) in [5.41, 5.74) is 3.76. The summed E-state index contributed by atoms with van der Waals surface area (Å²) in [6, 6.07) is 9.39. The topological polar surface area (TPSA) is 77.0 Å². The Morgan fingerprint density at radius 2 is 1.95 bits per heavy atom. The maximum Gasteiger partial charge on any atom is 0.339 e. The van der Waals surface area contributed by atoms with E-state index in [1.807, 2.05) is 30.3 Å². The molecule has 1 aromatic carbocycles. The van der Waals surface area contributed by atoms with Gasteiger partial charge in [0.1, 0.15) is 13.2 Å². The molecule has 0 radical (unpaired) electrons. The second-order valence-corrected chi connectivity index (χ2v) is 4.20. The summed E-state index contributed by atoms with van der Waals surface area (Å²) in [5.74, 6) is -0.888.